The molecule has 2 amide bonds. The van der Waals surface area contributed by atoms with Crippen molar-refractivity contribution in [3.05, 3.63) is 59.7 Å². The van der Waals surface area contributed by atoms with Crippen LogP contribution >= 0.6 is 0 Å². The molecule has 12 heteroatoms. The number of amides is 2. The molecule has 2 aromatic rings. The maximum Gasteiger partial charge on any atom is 0.356 e. The Morgan fingerprint density at radius 2 is 1.39 bits per heavy atom. The van der Waals surface area contributed by atoms with Gasteiger partial charge >= 0.3 is 17.9 Å². The zero-order valence-corrected chi connectivity index (χ0v) is 19.0. The summed E-state index contributed by atoms with van der Waals surface area (Å²) in [5, 5.41) is 41.2. The second kappa shape index (κ2) is 13.3. The van der Waals surface area contributed by atoms with Crippen LogP contribution in [-0.2, 0) is 36.8 Å². The van der Waals surface area contributed by atoms with Gasteiger partial charge in [-0.05, 0) is 41.8 Å². The van der Waals surface area contributed by atoms with Gasteiger partial charge in [0.2, 0.25) is 11.8 Å². The fraction of sp³-hybridized carbons (Fsp3) is 0.292. The van der Waals surface area contributed by atoms with E-state index in [1.54, 1.807) is 12.1 Å². The molecule has 0 aliphatic rings. The van der Waals surface area contributed by atoms with Crippen molar-refractivity contribution in [3.8, 4) is 11.5 Å². The van der Waals surface area contributed by atoms with Crippen molar-refractivity contribution in [1.82, 2.24) is 10.6 Å². The second-order valence-electron chi connectivity index (χ2n) is 7.74. The van der Waals surface area contributed by atoms with E-state index in [9.17, 15) is 29.1 Å². The number of carbonyl (C=O) groups is 5. The Kier molecular flexibility index (Phi) is 10.2. The summed E-state index contributed by atoms with van der Waals surface area (Å²) in [6.07, 6.45) is -2.32. The first-order valence-electron chi connectivity index (χ1n) is 10.8. The lowest BCUT2D eigenvalue weighted by Crippen LogP contribution is -2.48. The molecule has 0 fully saturated rings. The lowest BCUT2D eigenvalue weighted by Gasteiger charge is -2.19. The fourth-order valence-electron chi connectivity index (χ4n) is 3.09. The molecule has 1 atom stereocenters. The van der Waals surface area contributed by atoms with E-state index in [1.807, 2.05) is 0 Å². The van der Waals surface area contributed by atoms with Crippen LogP contribution < -0.4 is 15.4 Å². The highest BCUT2D eigenvalue weighted by atomic mass is 16.5. The Balaban J connectivity index is 2.05. The molecule has 0 saturated heterocycles. The molecular weight excluding hydrogens is 476 g/mol. The maximum atomic E-state index is 12.8. The highest BCUT2D eigenvalue weighted by Crippen LogP contribution is 2.16. The fourth-order valence-corrected chi connectivity index (χ4v) is 3.09. The topological polar surface area (TPSA) is 200 Å². The number of ether oxygens (including phenoxy) is 1. The number of phenolic OH excluding ortho intramolecular Hbond substituents is 1. The zero-order valence-electron chi connectivity index (χ0n) is 19.0. The number of phenols is 1. The number of benzene rings is 2. The molecule has 2 aromatic carbocycles. The van der Waals surface area contributed by atoms with Crippen molar-refractivity contribution in [3.63, 3.8) is 0 Å². The van der Waals surface area contributed by atoms with Gasteiger partial charge in [0.25, 0.3) is 6.10 Å². The molecule has 36 heavy (non-hydrogen) atoms. The van der Waals surface area contributed by atoms with E-state index in [0.29, 0.717) is 12.0 Å². The number of nitrogens with one attached hydrogen (secondary N) is 2. The molecule has 0 heterocycles. The number of hydrogen-bond acceptors (Lipinski definition) is 7. The minimum Gasteiger partial charge on any atom is -0.508 e. The molecular formula is C24H26N2O10. The van der Waals surface area contributed by atoms with Crippen LogP contribution in [0.25, 0.3) is 0 Å². The van der Waals surface area contributed by atoms with Gasteiger partial charge in [-0.1, -0.05) is 24.3 Å². The monoisotopic (exact) mass is 502 g/mol. The molecule has 192 valence electrons. The standard InChI is InChI=1S/C24H26N2O10/c27-16-5-1-14(2-6-16)11-12-25-22(31)18(26-19(28)9-10-20(29)30)13-15-3-7-17(8-4-15)36-21(23(32)33)24(34)35/h1-8,18,21,27H,9-13H2,(H,25,31)(H,26,28)(H,29,30)(H,32,33)(H,34,35)/t18-/m0/s1. The van der Waals surface area contributed by atoms with Crippen LogP contribution in [0.15, 0.2) is 48.5 Å². The van der Waals surface area contributed by atoms with E-state index >= 15 is 0 Å². The van der Waals surface area contributed by atoms with Crippen LogP contribution in [-0.4, -0.2) is 68.8 Å². The van der Waals surface area contributed by atoms with E-state index in [0.717, 1.165) is 5.56 Å². The van der Waals surface area contributed by atoms with Crippen molar-refractivity contribution >= 4 is 29.7 Å². The van der Waals surface area contributed by atoms with Gasteiger partial charge in [-0.25, -0.2) is 9.59 Å². The lowest BCUT2D eigenvalue weighted by molar-refractivity contribution is -0.159. The Hall–Kier alpha value is -4.61. The molecule has 0 saturated carbocycles. The first-order chi connectivity index (χ1) is 17.0. The van der Waals surface area contributed by atoms with Gasteiger partial charge in [0, 0.05) is 19.4 Å². The molecule has 0 spiro atoms. The van der Waals surface area contributed by atoms with Crippen LogP contribution in [0.5, 0.6) is 11.5 Å². The highest BCUT2D eigenvalue weighted by Gasteiger charge is 2.28. The van der Waals surface area contributed by atoms with Gasteiger partial charge < -0.3 is 35.8 Å². The van der Waals surface area contributed by atoms with Gasteiger partial charge in [-0.2, -0.15) is 0 Å². The average Bonchev–Trinajstić information content (AvgIpc) is 2.82. The Morgan fingerprint density at radius 1 is 0.806 bits per heavy atom. The summed E-state index contributed by atoms with van der Waals surface area (Å²) in [6, 6.07) is 11.0. The minimum atomic E-state index is -2.09. The summed E-state index contributed by atoms with van der Waals surface area (Å²) in [5.41, 5.74) is 1.41. The zero-order chi connectivity index (χ0) is 26.7. The summed E-state index contributed by atoms with van der Waals surface area (Å²) in [4.78, 5) is 57.7. The summed E-state index contributed by atoms with van der Waals surface area (Å²) in [6.45, 7) is 0.240. The number of carboxylic acids is 3. The third kappa shape index (κ3) is 9.33. The lowest BCUT2D eigenvalue weighted by atomic mass is 10.0. The number of aromatic hydroxyl groups is 1. The summed E-state index contributed by atoms with van der Waals surface area (Å²) >= 11 is 0. The first-order valence-corrected chi connectivity index (χ1v) is 10.8. The number of aliphatic carboxylic acids is 3. The number of carboxylic acid groups (broad SMARTS) is 3. The minimum absolute atomic E-state index is 0.0193. The number of rotatable bonds is 14. The van der Waals surface area contributed by atoms with E-state index in [2.05, 4.69) is 10.6 Å². The van der Waals surface area contributed by atoms with Crippen LogP contribution in [0.4, 0.5) is 0 Å². The smallest absolute Gasteiger partial charge is 0.356 e. The first kappa shape index (κ1) is 27.6. The molecule has 6 N–H and O–H groups in total. The Morgan fingerprint density at radius 3 is 1.94 bits per heavy atom. The second-order valence-corrected chi connectivity index (χ2v) is 7.74. The number of hydrogen-bond donors (Lipinski definition) is 6. The van der Waals surface area contributed by atoms with E-state index < -0.39 is 48.3 Å². The van der Waals surface area contributed by atoms with E-state index in [-0.39, 0.29) is 30.9 Å². The van der Waals surface area contributed by atoms with Gasteiger partial charge in [0.05, 0.1) is 6.42 Å². The molecule has 0 radical (unpaired) electrons. The summed E-state index contributed by atoms with van der Waals surface area (Å²) < 4.78 is 4.95. The average molecular weight is 502 g/mol. The quantitative estimate of drug-likeness (QED) is 0.198. The molecule has 0 bridgehead atoms. The van der Waals surface area contributed by atoms with Crippen molar-refractivity contribution < 1.29 is 49.1 Å². The molecule has 0 aliphatic carbocycles. The van der Waals surface area contributed by atoms with Gasteiger partial charge in [0.1, 0.15) is 17.5 Å². The van der Waals surface area contributed by atoms with Crippen molar-refractivity contribution in [2.45, 2.75) is 37.8 Å². The predicted molar refractivity (Wildman–Crippen MR) is 123 cm³/mol. The SMILES string of the molecule is O=C(O)CCC(=O)N[C@@H](Cc1ccc(OC(C(=O)O)C(=O)O)cc1)C(=O)NCCc1ccc(O)cc1. The molecule has 0 unspecified atom stereocenters. The molecule has 12 nitrogen and oxygen atoms in total. The van der Waals surface area contributed by atoms with Crippen LogP contribution in [0, 0.1) is 0 Å². The van der Waals surface area contributed by atoms with Gasteiger partial charge in [-0.3, -0.25) is 14.4 Å². The Labute approximate surface area is 205 Å². The summed E-state index contributed by atoms with van der Waals surface area (Å²) in [7, 11) is 0. The van der Waals surface area contributed by atoms with Crippen molar-refractivity contribution in [2.24, 2.45) is 0 Å². The number of carbonyl (C=O) groups excluding carboxylic acids is 2. The summed E-state index contributed by atoms with van der Waals surface area (Å²) in [5.74, 6) is -5.52. The Bertz CT molecular complexity index is 1070. The van der Waals surface area contributed by atoms with Crippen LogP contribution in [0.1, 0.15) is 24.0 Å². The van der Waals surface area contributed by atoms with E-state index in [1.165, 1.54) is 36.4 Å². The molecule has 0 aromatic heterocycles. The third-order valence-electron chi connectivity index (χ3n) is 4.93. The third-order valence-corrected chi connectivity index (χ3v) is 4.93. The largest absolute Gasteiger partial charge is 0.508 e. The van der Waals surface area contributed by atoms with Crippen molar-refractivity contribution in [1.29, 1.82) is 0 Å². The van der Waals surface area contributed by atoms with Crippen LogP contribution in [0.2, 0.25) is 0 Å². The molecule has 0 aliphatic heterocycles. The highest BCUT2D eigenvalue weighted by molar-refractivity contribution is 5.96. The maximum absolute atomic E-state index is 12.8. The normalized spacial score (nSPS) is 11.4. The van der Waals surface area contributed by atoms with Crippen LogP contribution in [0.3, 0.4) is 0 Å². The van der Waals surface area contributed by atoms with Gasteiger partial charge in [0.15, 0.2) is 0 Å². The van der Waals surface area contributed by atoms with Crippen molar-refractivity contribution in [2.75, 3.05) is 6.54 Å². The van der Waals surface area contributed by atoms with E-state index in [4.69, 9.17) is 20.1 Å². The predicted octanol–water partition coefficient (Wildman–Crippen LogP) is 0.560. The van der Waals surface area contributed by atoms with Gasteiger partial charge in [-0.15, -0.1) is 0 Å². The molecule has 2 rings (SSSR count).